The molecule has 13 heteroatoms. The number of carboxylic acids is 1. The number of carboxylic acid groups (broad SMARTS) is 1. The molecular weight excluding hydrogens is 628 g/mol. The molecule has 0 spiro atoms. The first-order valence-electron chi connectivity index (χ1n) is 16.5. The number of methoxy groups -OCH3 is 1. The topological polar surface area (TPSA) is 156 Å². The van der Waals surface area contributed by atoms with Gasteiger partial charge in [0.15, 0.2) is 0 Å². The van der Waals surface area contributed by atoms with Gasteiger partial charge in [0.05, 0.1) is 24.2 Å². The summed E-state index contributed by atoms with van der Waals surface area (Å²) >= 11 is 6.42. The number of carbonyl (C=O) groups excluding carboxylic acids is 3. The van der Waals surface area contributed by atoms with Crippen molar-refractivity contribution in [1.82, 2.24) is 20.5 Å². The molecule has 1 saturated heterocycles. The Hall–Kier alpha value is -4.06. The molecule has 4 aliphatic rings. The molecule has 1 aromatic heterocycles. The molecule has 2 aliphatic carbocycles. The number of allylic oxidation sites excluding steroid dienone is 1. The smallest absolute Gasteiger partial charge is 0.407 e. The standard InChI is InChI=1S/C34H41ClN4O8/c1-45-28-17-27(24-13-8-14-25(35)30(24)37-28)46-23-16-26-31(41)38-34(32(42)43)18-20(34)9-4-2-3-5-10-21(15-29(40)39(26)19-23)36-33(44)47-22-11-6-7-12-22/h4,8-9,13-14,17,20-23,26H,2-3,5-7,10-12,15-16,18-19H2,1H3,(H,36,44)(H,38,41)(H,42,43)/b9-4-/t20-,21+,23-,26+,34-/m1/s1. The minimum absolute atomic E-state index is 0.0412. The minimum atomic E-state index is -1.42. The van der Waals surface area contributed by atoms with E-state index in [9.17, 15) is 24.3 Å². The van der Waals surface area contributed by atoms with Gasteiger partial charge in [-0.25, -0.2) is 14.6 Å². The maximum Gasteiger partial charge on any atom is 0.407 e. The van der Waals surface area contributed by atoms with Gasteiger partial charge >= 0.3 is 12.1 Å². The molecule has 3 heterocycles. The van der Waals surface area contributed by atoms with E-state index in [-0.39, 0.29) is 49.6 Å². The zero-order valence-corrected chi connectivity index (χ0v) is 27.2. The fourth-order valence-corrected chi connectivity index (χ4v) is 7.26. The van der Waals surface area contributed by atoms with E-state index < -0.39 is 41.7 Å². The highest BCUT2D eigenvalue weighted by molar-refractivity contribution is 6.35. The average Bonchev–Trinajstić information content (AvgIpc) is 3.32. The van der Waals surface area contributed by atoms with Gasteiger partial charge in [-0.1, -0.05) is 36.2 Å². The molecule has 1 aromatic carbocycles. The molecule has 12 nitrogen and oxygen atoms in total. The van der Waals surface area contributed by atoms with Crippen molar-refractivity contribution in [2.75, 3.05) is 13.7 Å². The van der Waals surface area contributed by atoms with Crippen LogP contribution in [0.3, 0.4) is 0 Å². The number of nitrogens with zero attached hydrogens (tertiary/aromatic N) is 2. The van der Waals surface area contributed by atoms with Crippen LogP contribution in [-0.4, -0.2) is 82.4 Å². The van der Waals surface area contributed by atoms with Gasteiger partial charge in [0, 0.05) is 36.3 Å². The third-order valence-electron chi connectivity index (χ3n) is 9.72. The number of halogens is 1. The number of pyridine rings is 1. The number of hydrogen-bond acceptors (Lipinski definition) is 8. The molecule has 47 heavy (non-hydrogen) atoms. The highest BCUT2D eigenvalue weighted by atomic mass is 35.5. The summed E-state index contributed by atoms with van der Waals surface area (Å²) in [6, 6.07) is 5.45. The number of alkyl carbamates (subject to hydrolysis) is 1. The van der Waals surface area contributed by atoms with E-state index in [1.54, 1.807) is 18.2 Å². The lowest BCUT2D eigenvalue weighted by atomic mass is 10.0. The van der Waals surface area contributed by atoms with Crippen LogP contribution in [0.5, 0.6) is 11.6 Å². The molecule has 2 saturated carbocycles. The van der Waals surface area contributed by atoms with Gasteiger partial charge in [-0.15, -0.1) is 0 Å². The van der Waals surface area contributed by atoms with Crippen LogP contribution >= 0.6 is 11.6 Å². The normalized spacial score (nSPS) is 29.1. The number of hydrogen-bond donors (Lipinski definition) is 3. The molecule has 0 unspecified atom stereocenters. The Kier molecular flexibility index (Phi) is 9.77. The average molecular weight is 669 g/mol. The molecule has 3 N–H and O–H groups in total. The van der Waals surface area contributed by atoms with Crippen molar-refractivity contribution in [2.45, 2.75) is 100 Å². The lowest BCUT2D eigenvalue weighted by molar-refractivity contribution is -0.145. The summed E-state index contributed by atoms with van der Waals surface area (Å²) in [5, 5.41) is 16.8. The predicted molar refractivity (Wildman–Crippen MR) is 172 cm³/mol. The number of benzene rings is 1. The Balaban J connectivity index is 1.26. The largest absolute Gasteiger partial charge is 0.488 e. The third-order valence-corrected chi connectivity index (χ3v) is 10.0. The van der Waals surface area contributed by atoms with Crippen molar-refractivity contribution >= 4 is 46.4 Å². The molecule has 2 aliphatic heterocycles. The fraction of sp³-hybridized carbons (Fsp3) is 0.559. The summed E-state index contributed by atoms with van der Waals surface area (Å²) in [5.41, 5.74) is -0.930. The number of ether oxygens (including phenoxy) is 3. The van der Waals surface area contributed by atoms with Gasteiger partial charge < -0.3 is 34.9 Å². The monoisotopic (exact) mass is 668 g/mol. The van der Waals surface area contributed by atoms with Crippen LogP contribution in [-0.2, 0) is 19.1 Å². The quantitative estimate of drug-likeness (QED) is 0.369. The predicted octanol–water partition coefficient (Wildman–Crippen LogP) is 4.76. The molecule has 5 atom stereocenters. The summed E-state index contributed by atoms with van der Waals surface area (Å²) in [4.78, 5) is 58.9. The van der Waals surface area contributed by atoms with Crippen LogP contribution in [0.15, 0.2) is 36.4 Å². The first kappa shape index (κ1) is 32.9. The molecule has 3 amide bonds. The van der Waals surface area contributed by atoms with Crippen LogP contribution in [0.1, 0.15) is 70.6 Å². The molecule has 6 rings (SSSR count). The van der Waals surface area contributed by atoms with Crippen molar-refractivity contribution in [3.05, 3.63) is 41.4 Å². The van der Waals surface area contributed by atoms with E-state index in [1.807, 2.05) is 18.2 Å². The summed E-state index contributed by atoms with van der Waals surface area (Å²) in [6.45, 7) is 0.0757. The van der Waals surface area contributed by atoms with E-state index >= 15 is 0 Å². The van der Waals surface area contributed by atoms with Crippen LogP contribution in [0.4, 0.5) is 4.79 Å². The summed E-state index contributed by atoms with van der Waals surface area (Å²) in [5.74, 6) is -1.62. The highest BCUT2D eigenvalue weighted by Crippen LogP contribution is 2.45. The Morgan fingerprint density at radius 1 is 1.13 bits per heavy atom. The van der Waals surface area contributed by atoms with Crippen molar-refractivity contribution in [1.29, 1.82) is 0 Å². The number of carbonyl (C=O) groups is 4. The van der Waals surface area contributed by atoms with Gasteiger partial charge in [0.1, 0.15) is 29.5 Å². The van der Waals surface area contributed by atoms with E-state index in [4.69, 9.17) is 25.8 Å². The lowest BCUT2D eigenvalue weighted by Gasteiger charge is -2.27. The second-order valence-electron chi connectivity index (χ2n) is 13.0. The Labute approximate surface area is 278 Å². The van der Waals surface area contributed by atoms with Crippen molar-refractivity contribution in [3.63, 3.8) is 0 Å². The number of nitrogens with one attached hydrogen (secondary N) is 2. The number of fused-ring (bicyclic) bond motifs is 3. The first-order valence-corrected chi connectivity index (χ1v) is 16.8. The molecule has 252 valence electrons. The zero-order chi connectivity index (χ0) is 33.1. The van der Waals surface area contributed by atoms with Crippen molar-refractivity contribution < 1.29 is 38.5 Å². The third kappa shape index (κ3) is 7.27. The second kappa shape index (κ2) is 14.0. The van der Waals surface area contributed by atoms with Gasteiger partial charge in [0.2, 0.25) is 17.7 Å². The van der Waals surface area contributed by atoms with E-state index in [0.717, 1.165) is 44.9 Å². The lowest BCUT2D eigenvalue weighted by Crippen LogP contribution is -2.53. The summed E-state index contributed by atoms with van der Waals surface area (Å²) < 4.78 is 17.4. The van der Waals surface area contributed by atoms with Crippen molar-refractivity contribution in [3.8, 4) is 11.6 Å². The van der Waals surface area contributed by atoms with Gasteiger partial charge in [0.25, 0.3) is 0 Å². The number of rotatable bonds is 6. The summed E-state index contributed by atoms with van der Waals surface area (Å²) in [6.07, 6.45) is 9.44. The van der Waals surface area contributed by atoms with Crippen LogP contribution in [0, 0.1) is 5.92 Å². The van der Waals surface area contributed by atoms with E-state index in [2.05, 4.69) is 15.6 Å². The maximum absolute atomic E-state index is 14.0. The molecule has 3 fully saturated rings. The Morgan fingerprint density at radius 2 is 1.91 bits per heavy atom. The zero-order valence-electron chi connectivity index (χ0n) is 26.4. The number of aromatic nitrogens is 1. The highest BCUT2D eigenvalue weighted by Gasteiger charge is 2.61. The number of para-hydroxylation sites is 1. The fourth-order valence-electron chi connectivity index (χ4n) is 7.04. The van der Waals surface area contributed by atoms with E-state index in [0.29, 0.717) is 28.1 Å². The molecule has 2 aromatic rings. The van der Waals surface area contributed by atoms with Gasteiger partial charge in [-0.3, -0.25) is 9.59 Å². The SMILES string of the molecule is COc1cc(O[C@@H]2C[C@H]3C(=O)N[C@]4(C(=O)O)C[C@H]4/C=C\CCCC[C@H](NC(=O)OC4CCCC4)CC(=O)N3C2)c2cccc(Cl)c2n1. The molecule has 0 radical (unpaired) electrons. The van der Waals surface area contributed by atoms with Crippen LogP contribution in [0.2, 0.25) is 5.02 Å². The molecule has 0 bridgehead atoms. The Morgan fingerprint density at radius 3 is 2.68 bits per heavy atom. The van der Waals surface area contributed by atoms with Gasteiger partial charge in [-0.2, -0.15) is 0 Å². The van der Waals surface area contributed by atoms with Crippen LogP contribution < -0.4 is 20.1 Å². The van der Waals surface area contributed by atoms with Crippen LogP contribution in [0.25, 0.3) is 10.9 Å². The minimum Gasteiger partial charge on any atom is -0.488 e. The second-order valence-corrected chi connectivity index (χ2v) is 13.4. The van der Waals surface area contributed by atoms with Gasteiger partial charge in [-0.05, 0) is 63.5 Å². The summed E-state index contributed by atoms with van der Waals surface area (Å²) in [7, 11) is 1.48. The van der Waals surface area contributed by atoms with Crippen molar-refractivity contribution in [2.24, 2.45) is 5.92 Å². The van der Waals surface area contributed by atoms with E-state index in [1.165, 1.54) is 12.0 Å². The maximum atomic E-state index is 14.0. The number of amides is 3. The Bertz CT molecular complexity index is 1560. The number of aliphatic carboxylic acids is 1. The first-order chi connectivity index (χ1) is 22.7. The molecular formula is C34H41ClN4O8.